The number of hydrogen-bond acceptors (Lipinski definition) is 4. The first-order valence-electron chi connectivity index (χ1n) is 10.4. The number of carbonyl (C=O) groups is 2. The number of rotatable bonds is 7. The third-order valence-corrected chi connectivity index (χ3v) is 5.89. The lowest BCUT2D eigenvalue weighted by Gasteiger charge is -2.37. The summed E-state index contributed by atoms with van der Waals surface area (Å²) in [5.74, 6) is -0.621. The summed E-state index contributed by atoms with van der Waals surface area (Å²) in [5, 5.41) is 6.38. The number of amides is 2. The Morgan fingerprint density at radius 2 is 1.77 bits per heavy atom. The first kappa shape index (κ1) is 23.2. The van der Waals surface area contributed by atoms with Crippen LogP contribution in [-0.4, -0.2) is 60.4 Å². The number of nitrogens with zero attached hydrogens (tertiary/aromatic N) is 2. The average Bonchev–Trinajstić information content (AvgIpc) is 2.74. The van der Waals surface area contributed by atoms with Gasteiger partial charge in [-0.25, -0.2) is 4.39 Å². The highest BCUT2D eigenvalue weighted by Gasteiger charge is 2.26. The Kier molecular flexibility index (Phi) is 8.01. The van der Waals surface area contributed by atoms with Crippen LogP contribution in [0.15, 0.2) is 48.5 Å². The first-order valence-corrected chi connectivity index (χ1v) is 10.8. The van der Waals surface area contributed by atoms with E-state index in [1.165, 1.54) is 12.1 Å². The Balaban J connectivity index is 1.44. The molecule has 2 aromatic rings. The van der Waals surface area contributed by atoms with Crippen LogP contribution < -0.4 is 10.6 Å². The number of piperazine rings is 1. The lowest BCUT2D eigenvalue weighted by atomic mass is 10.1. The van der Waals surface area contributed by atoms with Crippen LogP contribution in [0.4, 0.5) is 10.1 Å². The van der Waals surface area contributed by atoms with E-state index in [0.29, 0.717) is 43.4 Å². The molecule has 1 heterocycles. The second-order valence-corrected chi connectivity index (χ2v) is 8.21. The summed E-state index contributed by atoms with van der Waals surface area (Å²) >= 11 is 6.21. The number of benzene rings is 2. The van der Waals surface area contributed by atoms with Crippen LogP contribution in [0.2, 0.25) is 5.02 Å². The van der Waals surface area contributed by atoms with Crippen LogP contribution >= 0.6 is 11.6 Å². The summed E-state index contributed by atoms with van der Waals surface area (Å²) in [6, 6.07) is 12.8. The number of nitrogens with one attached hydrogen (secondary N) is 2. The molecule has 31 heavy (non-hydrogen) atoms. The maximum atomic E-state index is 13.3. The Bertz CT molecular complexity index is 918. The molecule has 6 nitrogen and oxygen atoms in total. The fraction of sp³-hybridized carbons (Fsp3) is 0.391. The summed E-state index contributed by atoms with van der Waals surface area (Å²) in [6.07, 6.45) is 0. The molecular weight excluding hydrogens is 419 g/mol. The Morgan fingerprint density at radius 1 is 1.06 bits per heavy atom. The molecule has 166 valence electrons. The number of hydrogen-bond donors (Lipinski definition) is 2. The van der Waals surface area contributed by atoms with E-state index in [2.05, 4.69) is 20.4 Å². The molecule has 0 aliphatic carbocycles. The monoisotopic (exact) mass is 446 g/mol. The van der Waals surface area contributed by atoms with Gasteiger partial charge in [-0.05, 0) is 43.7 Å². The zero-order valence-corrected chi connectivity index (χ0v) is 18.5. The van der Waals surface area contributed by atoms with Gasteiger partial charge in [0.1, 0.15) is 5.82 Å². The van der Waals surface area contributed by atoms with Gasteiger partial charge in [0.05, 0.1) is 18.6 Å². The molecule has 1 aliphatic heterocycles. The third kappa shape index (κ3) is 6.50. The number of anilines is 1. The summed E-state index contributed by atoms with van der Waals surface area (Å²) < 4.78 is 13.3. The molecule has 0 spiro atoms. The van der Waals surface area contributed by atoms with Crippen molar-refractivity contribution in [1.82, 2.24) is 15.1 Å². The topological polar surface area (TPSA) is 64.7 Å². The molecule has 1 fully saturated rings. The van der Waals surface area contributed by atoms with Gasteiger partial charge < -0.3 is 10.6 Å². The van der Waals surface area contributed by atoms with Gasteiger partial charge in [0.2, 0.25) is 11.8 Å². The molecule has 2 aromatic carbocycles. The zero-order valence-electron chi connectivity index (χ0n) is 17.8. The van der Waals surface area contributed by atoms with Crippen molar-refractivity contribution >= 4 is 29.1 Å². The molecule has 1 aliphatic rings. The molecule has 0 bridgehead atoms. The van der Waals surface area contributed by atoms with Crippen LogP contribution in [-0.2, 0) is 9.59 Å². The summed E-state index contributed by atoms with van der Waals surface area (Å²) in [4.78, 5) is 29.1. The van der Waals surface area contributed by atoms with Crippen molar-refractivity contribution in [2.45, 2.75) is 25.9 Å². The predicted molar refractivity (Wildman–Crippen MR) is 121 cm³/mol. The smallest absolute Gasteiger partial charge is 0.241 e. The van der Waals surface area contributed by atoms with Crippen molar-refractivity contribution in [2.75, 3.05) is 38.0 Å². The molecule has 3 rings (SSSR count). The van der Waals surface area contributed by atoms with E-state index in [-0.39, 0.29) is 29.7 Å². The molecule has 2 N–H and O–H groups in total. The van der Waals surface area contributed by atoms with E-state index in [9.17, 15) is 14.0 Å². The number of carbonyl (C=O) groups excluding carboxylic acids is 2. The fourth-order valence-electron chi connectivity index (χ4n) is 3.68. The second-order valence-electron chi connectivity index (χ2n) is 7.80. The Labute approximate surface area is 187 Å². The van der Waals surface area contributed by atoms with E-state index in [1.54, 1.807) is 12.1 Å². The number of halogens is 2. The van der Waals surface area contributed by atoms with Crippen molar-refractivity contribution in [2.24, 2.45) is 0 Å². The van der Waals surface area contributed by atoms with Crippen LogP contribution in [0.5, 0.6) is 0 Å². The molecule has 1 saturated heterocycles. The van der Waals surface area contributed by atoms with E-state index in [1.807, 2.05) is 38.1 Å². The minimum Gasteiger partial charge on any atom is -0.348 e. The highest BCUT2D eigenvalue weighted by molar-refractivity contribution is 6.31. The molecule has 2 amide bonds. The van der Waals surface area contributed by atoms with Crippen molar-refractivity contribution in [3.8, 4) is 0 Å². The molecule has 0 saturated carbocycles. The second kappa shape index (κ2) is 10.7. The van der Waals surface area contributed by atoms with Crippen molar-refractivity contribution in [1.29, 1.82) is 0 Å². The van der Waals surface area contributed by atoms with E-state index in [0.717, 1.165) is 5.56 Å². The highest BCUT2D eigenvalue weighted by atomic mass is 35.5. The van der Waals surface area contributed by atoms with Gasteiger partial charge in [0.25, 0.3) is 0 Å². The molecule has 0 aromatic heterocycles. The van der Waals surface area contributed by atoms with Crippen molar-refractivity contribution in [3.05, 3.63) is 64.9 Å². The standard InChI is InChI=1S/C23H28ClFN4O2/c1-16(20-8-3-4-9-21(20)24)26-22(30)15-28-10-12-29(13-11-28)17(2)23(31)27-19-7-5-6-18(25)14-19/h3-9,14,16-17H,10-13,15H2,1-2H3,(H,26,30)(H,27,31). The maximum absolute atomic E-state index is 13.3. The largest absolute Gasteiger partial charge is 0.348 e. The van der Waals surface area contributed by atoms with Crippen molar-refractivity contribution in [3.63, 3.8) is 0 Å². The van der Waals surface area contributed by atoms with Crippen molar-refractivity contribution < 1.29 is 14.0 Å². The summed E-state index contributed by atoms with van der Waals surface area (Å²) in [6.45, 7) is 6.76. The summed E-state index contributed by atoms with van der Waals surface area (Å²) in [5.41, 5.74) is 1.33. The lowest BCUT2D eigenvalue weighted by molar-refractivity contribution is -0.125. The average molecular weight is 447 g/mol. The Hall–Kier alpha value is -2.48. The van der Waals surface area contributed by atoms with Gasteiger partial charge >= 0.3 is 0 Å². The SMILES string of the molecule is CC(NC(=O)CN1CCN(C(C)C(=O)Nc2cccc(F)c2)CC1)c1ccccc1Cl. The van der Waals surface area contributed by atoms with Gasteiger partial charge in [-0.3, -0.25) is 19.4 Å². The minimum absolute atomic E-state index is 0.0576. The first-order chi connectivity index (χ1) is 14.8. The van der Waals surface area contributed by atoms with Crippen LogP contribution in [0.3, 0.4) is 0 Å². The molecule has 0 radical (unpaired) electrons. The minimum atomic E-state index is -0.388. The van der Waals surface area contributed by atoms with Gasteiger partial charge in [0, 0.05) is 36.9 Å². The molecule has 8 heteroatoms. The fourth-order valence-corrected chi connectivity index (χ4v) is 3.98. The van der Waals surface area contributed by atoms with Crippen LogP contribution in [0.25, 0.3) is 0 Å². The lowest BCUT2D eigenvalue weighted by Crippen LogP contribution is -2.54. The van der Waals surface area contributed by atoms with Crippen LogP contribution in [0.1, 0.15) is 25.5 Å². The highest BCUT2D eigenvalue weighted by Crippen LogP contribution is 2.22. The quantitative estimate of drug-likeness (QED) is 0.685. The zero-order chi connectivity index (χ0) is 22.4. The van der Waals surface area contributed by atoms with Gasteiger partial charge in [-0.2, -0.15) is 0 Å². The predicted octanol–water partition coefficient (Wildman–Crippen LogP) is 3.30. The van der Waals surface area contributed by atoms with E-state index < -0.39 is 0 Å². The van der Waals surface area contributed by atoms with Gasteiger partial charge in [-0.15, -0.1) is 0 Å². The normalized spacial score (nSPS) is 17.0. The van der Waals surface area contributed by atoms with Gasteiger partial charge in [0.15, 0.2) is 0 Å². The Morgan fingerprint density at radius 3 is 2.45 bits per heavy atom. The third-order valence-electron chi connectivity index (χ3n) is 5.54. The van der Waals surface area contributed by atoms with Crippen LogP contribution in [0, 0.1) is 5.82 Å². The molecular formula is C23H28ClFN4O2. The van der Waals surface area contributed by atoms with E-state index >= 15 is 0 Å². The molecule has 2 atom stereocenters. The maximum Gasteiger partial charge on any atom is 0.241 e. The summed E-state index contributed by atoms with van der Waals surface area (Å²) in [7, 11) is 0. The van der Waals surface area contributed by atoms with E-state index in [4.69, 9.17) is 11.6 Å². The van der Waals surface area contributed by atoms with Gasteiger partial charge in [-0.1, -0.05) is 35.9 Å². The molecule has 2 unspecified atom stereocenters.